The minimum absolute atomic E-state index is 0.0523. The zero-order valence-corrected chi connectivity index (χ0v) is 17.2. The standard InChI is InChI=1S/C22H14F6N4O2/c1-11-17-18(33)16(10-29-19(17)32(31-11)15-5-3-2-4-6-15)20(34)30-14-8-12(21(23,24)25)7-13(9-14)22(26,27)28/h2-10H,1H3,(H,29,33)(H,30,34). The number of alkyl halides is 6. The van der Waals surface area contributed by atoms with E-state index in [2.05, 4.69) is 10.1 Å². The number of carbonyl (C=O) groups is 1. The lowest BCUT2D eigenvalue weighted by Crippen LogP contribution is -2.23. The molecule has 2 aromatic heterocycles. The number of amides is 1. The first-order valence-corrected chi connectivity index (χ1v) is 9.63. The zero-order chi connectivity index (χ0) is 24.8. The molecule has 0 atom stereocenters. The van der Waals surface area contributed by atoms with Crippen molar-refractivity contribution < 1.29 is 31.1 Å². The molecule has 176 valence electrons. The summed E-state index contributed by atoms with van der Waals surface area (Å²) in [5.74, 6) is -1.18. The van der Waals surface area contributed by atoms with Crippen molar-refractivity contribution in [1.29, 1.82) is 0 Å². The second-order valence-electron chi connectivity index (χ2n) is 7.34. The smallest absolute Gasteiger partial charge is 0.345 e. The molecule has 0 aliphatic heterocycles. The van der Waals surface area contributed by atoms with E-state index in [9.17, 15) is 35.9 Å². The SMILES string of the molecule is Cc1nn(-c2ccccc2)c2[nH]cc(C(=O)Nc3cc(C(F)(F)F)cc(C(F)(F)F)c3)c(=O)c12. The molecule has 12 heteroatoms. The van der Waals surface area contributed by atoms with Crippen molar-refractivity contribution in [1.82, 2.24) is 14.8 Å². The maximum absolute atomic E-state index is 13.1. The van der Waals surface area contributed by atoms with E-state index in [1.165, 1.54) is 11.6 Å². The van der Waals surface area contributed by atoms with Crippen LogP contribution in [0.15, 0.2) is 59.5 Å². The summed E-state index contributed by atoms with van der Waals surface area (Å²) < 4.78 is 79.9. The van der Waals surface area contributed by atoms with Gasteiger partial charge in [-0.15, -0.1) is 0 Å². The van der Waals surface area contributed by atoms with E-state index in [0.29, 0.717) is 17.8 Å². The molecule has 0 saturated heterocycles. The Balaban J connectivity index is 1.75. The highest BCUT2D eigenvalue weighted by Gasteiger charge is 2.37. The molecule has 4 aromatic rings. The van der Waals surface area contributed by atoms with Crippen molar-refractivity contribution in [3.8, 4) is 5.69 Å². The summed E-state index contributed by atoms with van der Waals surface area (Å²) in [4.78, 5) is 28.4. The van der Waals surface area contributed by atoms with E-state index in [1.54, 1.807) is 30.3 Å². The van der Waals surface area contributed by atoms with Crippen LogP contribution in [-0.4, -0.2) is 20.7 Å². The van der Waals surface area contributed by atoms with Crippen molar-refractivity contribution in [2.24, 2.45) is 0 Å². The first-order valence-electron chi connectivity index (χ1n) is 9.63. The molecule has 0 bridgehead atoms. The van der Waals surface area contributed by atoms with E-state index in [0.717, 1.165) is 6.20 Å². The van der Waals surface area contributed by atoms with Gasteiger partial charge in [0.1, 0.15) is 11.2 Å². The molecule has 0 unspecified atom stereocenters. The Morgan fingerprint density at radius 2 is 1.56 bits per heavy atom. The Morgan fingerprint density at radius 3 is 2.12 bits per heavy atom. The van der Waals surface area contributed by atoms with Crippen LogP contribution in [0.1, 0.15) is 27.2 Å². The number of benzene rings is 2. The number of H-pyrrole nitrogens is 1. The number of nitrogens with zero attached hydrogens (tertiary/aromatic N) is 2. The normalized spacial score (nSPS) is 12.2. The fraction of sp³-hybridized carbons (Fsp3) is 0.136. The van der Waals surface area contributed by atoms with Gasteiger partial charge in [0, 0.05) is 11.9 Å². The molecule has 0 aliphatic rings. The number of nitrogens with one attached hydrogen (secondary N) is 2. The molecule has 0 spiro atoms. The van der Waals surface area contributed by atoms with Gasteiger partial charge in [-0.25, -0.2) is 4.68 Å². The summed E-state index contributed by atoms with van der Waals surface area (Å²) in [5.41, 5.74) is -4.08. The van der Waals surface area contributed by atoms with Gasteiger partial charge in [0.05, 0.1) is 27.9 Å². The number of para-hydroxylation sites is 1. The number of halogens is 6. The molecule has 2 aromatic carbocycles. The molecule has 2 N–H and O–H groups in total. The molecule has 0 saturated carbocycles. The van der Waals surface area contributed by atoms with Gasteiger partial charge < -0.3 is 10.3 Å². The summed E-state index contributed by atoms with van der Waals surface area (Å²) in [6, 6.07) is 9.41. The predicted octanol–water partition coefficient (Wildman–Crippen LogP) is 5.31. The van der Waals surface area contributed by atoms with Gasteiger partial charge in [-0.2, -0.15) is 31.4 Å². The Labute approximate surface area is 186 Å². The number of hydrogen-bond donors (Lipinski definition) is 2. The monoisotopic (exact) mass is 480 g/mol. The fourth-order valence-corrected chi connectivity index (χ4v) is 3.42. The maximum Gasteiger partial charge on any atom is 0.416 e. The zero-order valence-electron chi connectivity index (χ0n) is 17.2. The van der Waals surface area contributed by atoms with Gasteiger partial charge >= 0.3 is 12.4 Å². The second-order valence-corrected chi connectivity index (χ2v) is 7.34. The van der Waals surface area contributed by atoms with Crippen LogP contribution in [-0.2, 0) is 12.4 Å². The third-order valence-electron chi connectivity index (χ3n) is 4.98. The molecule has 34 heavy (non-hydrogen) atoms. The number of carbonyl (C=O) groups excluding carboxylic acids is 1. The third kappa shape index (κ3) is 4.26. The lowest BCUT2D eigenvalue weighted by molar-refractivity contribution is -0.143. The quantitative estimate of drug-likeness (QED) is 0.390. The van der Waals surface area contributed by atoms with E-state index in [-0.39, 0.29) is 22.8 Å². The Morgan fingerprint density at radius 1 is 0.971 bits per heavy atom. The molecule has 2 heterocycles. The van der Waals surface area contributed by atoms with Crippen molar-refractivity contribution in [3.63, 3.8) is 0 Å². The topological polar surface area (TPSA) is 79.8 Å². The first kappa shape index (κ1) is 23.1. The molecule has 0 radical (unpaired) electrons. The average Bonchev–Trinajstić information content (AvgIpc) is 3.10. The third-order valence-corrected chi connectivity index (χ3v) is 4.98. The van der Waals surface area contributed by atoms with Crippen LogP contribution in [0.5, 0.6) is 0 Å². The van der Waals surface area contributed by atoms with Crippen molar-refractivity contribution in [2.45, 2.75) is 19.3 Å². The highest BCUT2D eigenvalue weighted by molar-refractivity contribution is 6.05. The highest BCUT2D eigenvalue weighted by atomic mass is 19.4. The second kappa shape index (κ2) is 8.04. The number of fused-ring (bicyclic) bond motifs is 1. The van der Waals surface area contributed by atoms with Crippen LogP contribution >= 0.6 is 0 Å². The Hall–Kier alpha value is -4.09. The number of aryl methyl sites for hydroxylation is 1. The lowest BCUT2D eigenvalue weighted by atomic mass is 10.1. The van der Waals surface area contributed by atoms with Gasteiger partial charge in [-0.1, -0.05) is 18.2 Å². The van der Waals surface area contributed by atoms with Gasteiger partial charge in [0.25, 0.3) is 5.91 Å². The van der Waals surface area contributed by atoms with Crippen molar-refractivity contribution in [3.05, 3.63) is 87.3 Å². The van der Waals surface area contributed by atoms with E-state index in [1.807, 2.05) is 5.32 Å². The number of aromatic nitrogens is 3. The molecular weight excluding hydrogens is 466 g/mol. The van der Waals surface area contributed by atoms with Gasteiger partial charge in [0.2, 0.25) is 5.43 Å². The van der Waals surface area contributed by atoms with Crippen LogP contribution < -0.4 is 10.7 Å². The minimum atomic E-state index is -5.08. The highest BCUT2D eigenvalue weighted by Crippen LogP contribution is 2.37. The molecule has 4 rings (SSSR count). The summed E-state index contributed by atoms with van der Waals surface area (Å²) >= 11 is 0. The summed E-state index contributed by atoms with van der Waals surface area (Å²) in [6.07, 6.45) is -9.14. The van der Waals surface area contributed by atoms with E-state index < -0.39 is 46.1 Å². The summed E-state index contributed by atoms with van der Waals surface area (Å²) in [6.45, 7) is 1.53. The molecule has 1 amide bonds. The van der Waals surface area contributed by atoms with Crippen LogP contribution in [0, 0.1) is 6.92 Å². The fourth-order valence-electron chi connectivity index (χ4n) is 3.42. The minimum Gasteiger partial charge on any atom is -0.345 e. The summed E-state index contributed by atoms with van der Waals surface area (Å²) in [7, 11) is 0. The maximum atomic E-state index is 13.1. The molecule has 0 aliphatic carbocycles. The van der Waals surface area contributed by atoms with Crippen molar-refractivity contribution in [2.75, 3.05) is 5.32 Å². The summed E-state index contributed by atoms with van der Waals surface area (Å²) in [5, 5.41) is 6.30. The largest absolute Gasteiger partial charge is 0.416 e. The predicted molar refractivity (Wildman–Crippen MR) is 111 cm³/mol. The number of rotatable bonds is 3. The number of pyridine rings is 1. The van der Waals surface area contributed by atoms with Crippen LogP contribution in [0.2, 0.25) is 0 Å². The number of anilines is 1. The van der Waals surface area contributed by atoms with E-state index >= 15 is 0 Å². The Bertz CT molecular complexity index is 1420. The average molecular weight is 480 g/mol. The first-order chi connectivity index (χ1) is 15.9. The molecular formula is C22H14F6N4O2. The van der Waals surface area contributed by atoms with Crippen LogP contribution in [0.4, 0.5) is 32.0 Å². The Kier molecular flexibility index (Phi) is 5.46. The molecule has 6 nitrogen and oxygen atoms in total. The number of hydrogen-bond acceptors (Lipinski definition) is 3. The van der Waals surface area contributed by atoms with Crippen LogP contribution in [0.25, 0.3) is 16.7 Å². The number of aromatic amines is 1. The van der Waals surface area contributed by atoms with Gasteiger partial charge in [-0.3, -0.25) is 9.59 Å². The van der Waals surface area contributed by atoms with E-state index in [4.69, 9.17) is 0 Å². The lowest BCUT2D eigenvalue weighted by Gasteiger charge is -2.14. The van der Waals surface area contributed by atoms with Gasteiger partial charge in [-0.05, 0) is 37.3 Å². The van der Waals surface area contributed by atoms with Gasteiger partial charge in [0.15, 0.2) is 0 Å². The molecule has 0 fully saturated rings. The van der Waals surface area contributed by atoms with Crippen molar-refractivity contribution >= 4 is 22.6 Å². The van der Waals surface area contributed by atoms with Crippen LogP contribution in [0.3, 0.4) is 0 Å².